The second kappa shape index (κ2) is 6.18. The lowest BCUT2D eigenvalue weighted by Gasteiger charge is -2.00. The maximum atomic E-state index is 11.1. The average Bonchev–Trinajstić information content (AvgIpc) is 2.35. The van der Waals surface area contributed by atoms with Gasteiger partial charge in [-0.05, 0) is 12.1 Å². The summed E-state index contributed by atoms with van der Waals surface area (Å²) in [5.41, 5.74) is 5.63. The number of hydrogen-bond acceptors (Lipinski definition) is 3. The topological polar surface area (TPSA) is 92.8 Å². The molecule has 0 saturated heterocycles. The van der Waals surface area contributed by atoms with Crippen molar-refractivity contribution < 1.29 is 14.7 Å². The van der Waals surface area contributed by atoms with Crippen LogP contribution in [0.5, 0.6) is 0 Å². The highest BCUT2D eigenvalue weighted by Crippen LogP contribution is 2.19. The summed E-state index contributed by atoms with van der Waals surface area (Å²) in [5.74, 6) is -2.01. The molecular formula is C11H8Cl2N2O3. The molecule has 0 aromatic heterocycles. The predicted molar refractivity (Wildman–Crippen MR) is 69.5 cm³/mol. The third-order valence-corrected chi connectivity index (χ3v) is 2.63. The average molecular weight is 287 g/mol. The lowest BCUT2D eigenvalue weighted by atomic mass is 10.2. The van der Waals surface area contributed by atoms with Gasteiger partial charge in [0.25, 0.3) is 5.91 Å². The Morgan fingerprint density at radius 2 is 1.89 bits per heavy atom. The van der Waals surface area contributed by atoms with Crippen LogP contribution in [0.4, 0.5) is 5.69 Å². The molecule has 0 spiro atoms. The van der Waals surface area contributed by atoms with Crippen molar-refractivity contribution in [2.45, 2.75) is 0 Å². The van der Waals surface area contributed by atoms with Crippen LogP contribution < -0.4 is 5.73 Å². The van der Waals surface area contributed by atoms with Gasteiger partial charge >= 0.3 is 5.97 Å². The zero-order valence-corrected chi connectivity index (χ0v) is 10.4. The van der Waals surface area contributed by atoms with Gasteiger partial charge in [0.15, 0.2) is 0 Å². The van der Waals surface area contributed by atoms with E-state index in [-0.39, 0.29) is 16.3 Å². The fraction of sp³-hybridized carbons (Fsp3) is 0. The van der Waals surface area contributed by atoms with Crippen LogP contribution >= 0.6 is 23.2 Å². The molecule has 0 atom stereocenters. The third-order valence-electron chi connectivity index (χ3n) is 1.88. The first kappa shape index (κ1) is 14.2. The summed E-state index contributed by atoms with van der Waals surface area (Å²) in [4.78, 5) is 25.5. The lowest BCUT2D eigenvalue weighted by molar-refractivity contribution is -0.131. The van der Waals surface area contributed by atoms with E-state index >= 15 is 0 Å². The summed E-state index contributed by atoms with van der Waals surface area (Å²) in [7, 11) is 0. The minimum Gasteiger partial charge on any atom is -0.477 e. The van der Waals surface area contributed by atoms with Crippen molar-refractivity contribution in [3.8, 4) is 0 Å². The van der Waals surface area contributed by atoms with E-state index in [9.17, 15) is 9.59 Å². The molecule has 0 aliphatic rings. The number of carboxylic acid groups (broad SMARTS) is 1. The van der Waals surface area contributed by atoms with Gasteiger partial charge in [-0.25, -0.2) is 4.79 Å². The van der Waals surface area contributed by atoms with Gasteiger partial charge < -0.3 is 10.8 Å². The molecule has 1 aromatic carbocycles. The van der Waals surface area contributed by atoms with E-state index in [1.807, 2.05) is 0 Å². The number of carboxylic acids is 1. The van der Waals surface area contributed by atoms with Gasteiger partial charge in [-0.3, -0.25) is 9.79 Å². The molecular weight excluding hydrogens is 279 g/mol. The number of para-hydroxylation sites is 1. The largest absolute Gasteiger partial charge is 0.477 e. The van der Waals surface area contributed by atoms with E-state index in [1.165, 1.54) is 12.1 Å². The van der Waals surface area contributed by atoms with Crippen molar-refractivity contribution in [2.75, 3.05) is 0 Å². The number of aliphatic carboxylic acids is 1. The lowest BCUT2D eigenvalue weighted by Crippen LogP contribution is -2.10. The van der Waals surface area contributed by atoms with Crippen LogP contribution in [0.1, 0.15) is 10.4 Å². The van der Waals surface area contributed by atoms with Crippen molar-refractivity contribution in [3.63, 3.8) is 0 Å². The van der Waals surface area contributed by atoms with Gasteiger partial charge in [0.05, 0.1) is 16.3 Å². The molecule has 0 unspecified atom stereocenters. The van der Waals surface area contributed by atoms with Gasteiger partial charge in [-0.15, -0.1) is 0 Å². The molecule has 0 heterocycles. The molecule has 7 heteroatoms. The molecule has 5 nitrogen and oxygen atoms in total. The van der Waals surface area contributed by atoms with Crippen LogP contribution in [0, 0.1) is 0 Å². The van der Waals surface area contributed by atoms with Gasteiger partial charge in [0, 0.05) is 6.21 Å². The third kappa shape index (κ3) is 3.58. The summed E-state index contributed by atoms with van der Waals surface area (Å²) in [6, 6.07) is 6.30. The number of amides is 1. The Kier molecular flexibility index (Phi) is 4.88. The molecule has 0 bridgehead atoms. The summed E-state index contributed by atoms with van der Waals surface area (Å²) in [6.07, 6.45) is 1.04. The zero-order chi connectivity index (χ0) is 13.7. The number of carbonyl (C=O) groups excluding carboxylic acids is 1. The van der Waals surface area contributed by atoms with E-state index in [0.717, 1.165) is 6.21 Å². The molecule has 0 saturated carbocycles. The summed E-state index contributed by atoms with van der Waals surface area (Å²) >= 11 is 11.0. The normalized spacial score (nSPS) is 12.3. The molecule has 94 valence electrons. The van der Waals surface area contributed by atoms with Gasteiger partial charge in [-0.1, -0.05) is 35.3 Å². The van der Waals surface area contributed by atoms with Crippen LogP contribution in [0.25, 0.3) is 0 Å². The maximum Gasteiger partial charge on any atom is 0.348 e. The van der Waals surface area contributed by atoms with Crippen LogP contribution in [-0.2, 0) is 4.79 Å². The predicted octanol–water partition coefficient (Wildman–Crippen LogP) is 2.26. The number of benzene rings is 1. The van der Waals surface area contributed by atoms with Crippen molar-refractivity contribution in [1.29, 1.82) is 0 Å². The van der Waals surface area contributed by atoms with Crippen LogP contribution in [0.15, 0.2) is 39.3 Å². The van der Waals surface area contributed by atoms with Crippen LogP contribution in [0.3, 0.4) is 0 Å². The maximum absolute atomic E-state index is 11.1. The van der Waals surface area contributed by atoms with E-state index in [4.69, 9.17) is 34.0 Å². The molecule has 0 aliphatic carbocycles. The second-order valence-corrected chi connectivity index (χ2v) is 3.89. The number of hydrogen-bond donors (Lipinski definition) is 2. The van der Waals surface area contributed by atoms with Crippen molar-refractivity contribution in [3.05, 3.63) is 39.9 Å². The van der Waals surface area contributed by atoms with Gasteiger partial charge in [0.1, 0.15) is 5.03 Å². The fourth-order valence-electron chi connectivity index (χ4n) is 1.08. The second-order valence-electron chi connectivity index (χ2n) is 3.11. The first-order valence-corrected chi connectivity index (χ1v) is 5.40. The first-order valence-electron chi connectivity index (χ1n) is 4.65. The van der Waals surface area contributed by atoms with Crippen LogP contribution in [-0.4, -0.2) is 23.2 Å². The Labute approximate surface area is 113 Å². The number of halogens is 2. The van der Waals surface area contributed by atoms with Crippen LogP contribution in [0.2, 0.25) is 0 Å². The molecule has 0 radical (unpaired) electrons. The Balaban J connectivity index is 3.09. The molecule has 1 rings (SSSR count). The van der Waals surface area contributed by atoms with E-state index in [2.05, 4.69) is 4.99 Å². The number of allylic oxidation sites excluding steroid dienone is 1. The minimum absolute atomic E-state index is 0.199. The molecule has 3 N–H and O–H groups in total. The Hall–Kier alpha value is -1.85. The van der Waals surface area contributed by atoms with Gasteiger partial charge in [0.2, 0.25) is 0 Å². The highest BCUT2D eigenvalue weighted by atomic mass is 35.5. The highest BCUT2D eigenvalue weighted by Gasteiger charge is 2.09. The van der Waals surface area contributed by atoms with Crippen molar-refractivity contribution in [2.24, 2.45) is 10.7 Å². The number of carbonyl (C=O) groups is 2. The first-order chi connectivity index (χ1) is 8.43. The summed E-state index contributed by atoms with van der Waals surface area (Å²) < 4.78 is 0. The Morgan fingerprint density at radius 3 is 2.44 bits per heavy atom. The number of nitrogens with two attached hydrogens (primary N) is 1. The number of primary amides is 1. The standard InChI is InChI=1S/C11H8Cl2N2O3/c12-7(9(13)11(17)18)5-15-8-4-2-1-3-6(8)10(14)16/h1-5H,(H2,14,16)(H,17,18)/b9-7+,15-5?. The van der Waals surface area contributed by atoms with Gasteiger partial charge in [-0.2, -0.15) is 0 Å². The van der Waals surface area contributed by atoms with Crippen molar-refractivity contribution in [1.82, 2.24) is 0 Å². The Bertz CT molecular complexity index is 553. The smallest absolute Gasteiger partial charge is 0.348 e. The number of rotatable bonds is 4. The molecule has 0 aliphatic heterocycles. The Morgan fingerprint density at radius 1 is 1.28 bits per heavy atom. The van der Waals surface area contributed by atoms with E-state index < -0.39 is 16.9 Å². The molecule has 18 heavy (non-hydrogen) atoms. The minimum atomic E-state index is -1.36. The van der Waals surface area contributed by atoms with Crippen molar-refractivity contribution >= 4 is 47.0 Å². The number of aliphatic imine (C=N–C) groups is 1. The highest BCUT2D eigenvalue weighted by molar-refractivity contribution is 6.51. The van der Waals surface area contributed by atoms with E-state index in [0.29, 0.717) is 0 Å². The quantitative estimate of drug-likeness (QED) is 0.657. The summed E-state index contributed by atoms with van der Waals surface area (Å²) in [6.45, 7) is 0. The molecule has 1 amide bonds. The summed E-state index contributed by atoms with van der Waals surface area (Å²) in [5, 5.41) is 7.78. The zero-order valence-electron chi connectivity index (χ0n) is 8.93. The molecule has 1 aromatic rings. The molecule has 0 fully saturated rings. The SMILES string of the molecule is NC(=O)c1ccccc1N=C/C(Cl)=C(\Cl)C(=O)O. The van der Waals surface area contributed by atoms with E-state index in [1.54, 1.807) is 12.1 Å². The monoisotopic (exact) mass is 286 g/mol. The fourth-order valence-corrected chi connectivity index (χ4v) is 1.26. The number of nitrogens with zero attached hydrogens (tertiary/aromatic N) is 1.